The molecule has 3 heteroatoms. The summed E-state index contributed by atoms with van der Waals surface area (Å²) in [5.41, 5.74) is 1.49. The molecule has 2 nitrogen and oxygen atoms in total. The lowest BCUT2D eigenvalue weighted by molar-refractivity contribution is 0.0300. The highest BCUT2D eigenvalue weighted by Crippen LogP contribution is 2.35. The van der Waals surface area contributed by atoms with E-state index in [0.29, 0.717) is 6.04 Å². The molecule has 20 heavy (non-hydrogen) atoms. The van der Waals surface area contributed by atoms with Gasteiger partial charge in [-0.15, -0.1) is 0 Å². The first kappa shape index (κ1) is 14.6. The Hall–Kier alpha value is -0.380. The molecule has 1 saturated carbocycles. The van der Waals surface area contributed by atoms with Gasteiger partial charge in [-0.25, -0.2) is 0 Å². The molecule has 1 aliphatic carbocycles. The number of piperidine rings is 1. The van der Waals surface area contributed by atoms with Crippen molar-refractivity contribution in [3.63, 3.8) is 0 Å². The maximum absolute atomic E-state index is 3.90. The Morgan fingerprint density at radius 3 is 2.65 bits per heavy atom. The molecule has 2 heterocycles. The van der Waals surface area contributed by atoms with Crippen LogP contribution in [-0.4, -0.2) is 36.6 Å². The Kier molecular flexibility index (Phi) is 4.79. The van der Waals surface area contributed by atoms with Crippen LogP contribution in [0.15, 0.2) is 16.8 Å². The average Bonchev–Trinajstić information content (AvgIpc) is 2.91. The third-order valence-electron chi connectivity index (χ3n) is 5.21. The average molecular weight is 292 g/mol. The molecule has 1 N–H and O–H groups in total. The molecule has 1 aromatic heterocycles. The van der Waals surface area contributed by atoms with Crippen LogP contribution in [0.25, 0.3) is 0 Å². The summed E-state index contributed by atoms with van der Waals surface area (Å²) < 4.78 is 0. The first-order valence-corrected chi connectivity index (χ1v) is 9.17. The fraction of sp³-hybridized carbons (Fsp3) is 0.765. The SMILES string of the molecule is CC(C)N1CC2CCCC(C1)C2NCCc1ccsc1. The molecule has 1 aliphatic heterocycles. The first-order valence-electron chi connectivity index (χ1n) is 8.22. The molecule has 2 unspecified atom stereocenters. The minimum absolute atomic E-state index is 0.713. The molecular weight excluding hydrogens is 264 g/mol. The summed E-state index contributed by atoms with van der Waals surface area (Å²) in [5.74, 6) is 1.76. The van der Waals surface area contributed by atoms with Crippen LogP contribution >= 0.6 is 11.3 Å². The van der Waals surface area contributed by atoms with Crippen LogP contribution in [0.5, 0.6) is 0 Å². The van der Waals surface area contributed by atoms with Gasteiger partial charge in [0, 0.05) is 25.2 Å². The van der Waals surface area contributed by atoms with Crippen molar-refractivity contribution in [2.24, 2.45) is 11.8 Å². The van der Waals surface area contributed by atoms with Gasteiger partial charge in [-0.05, 0) is 73.9 Å². The van der Waals surface area contributed by atoms with Crippen molar-refractivity contribution in [1.29, 1.82) is 0 Å². The van der Waals surface area contributed by atoms with Crippen LogP contribution in [0.1, 0.15) is 38.7 Å². The maximum Gasteiger partial charge on any atom is 0.0148 e. The molecule has 0 aromatic carbocycles. The van der Waals surface area contributed by atoms with E-state index in [1.807, 2.05) is 11.3 Å². The normalized spacial score (nSPS) is 30.9. The predicted octanol–water partition coefficient (Wildman–Crippen LogP) is 3.39. The number of nitrogens with one attached hydrogen (secondary N) is 1. The van der Waals surface area contributed by atoms with Gasteiger partial charge in [0.05, 0.1) is 0 Å². The quantitative estimate of drug-likeness (QED) is 0.895. The van der Waals surface area contributed by atoms with Gasteiger partial charge in [0.25, 0.3) is 0 Å². The second-order valence-electron chi connectivity index (χ2n) is 6.86. The van der Waals surface area contributed by atoms with Gasteiger partial charge in [-0.3, -0.25) is 0 Å². The van der Waals surface area contributed by atoms with E-state index in [9.17, 15) is 0 Å². The lowest BCUT2D eigenvalue weighted by atomic mass is 9.73. The molecule has 2 bridgehead atoms. The standard InChI is InChI=1S/C17H28N2S/c1-13(2)19-10-15-4-3-5-16(11-19)17(15)18-8-6-14-7-9-20-12-14/h7,9,12-13,15-18H,3-6,8,10-11H2,1-2H3. The van der Waals surface area contributed by atoms with Gasteiger partial charge in [0.1, 0.15) is 0 Å². The van der Waals surface area contributed by atoms with Crippen molar-refractivity contribution < 1.29 is 0 Å². The lowest BCUT2D eigenvalue weighted by Gasteiger charge is -2.49. The molecule has 0 radical (unpaired) electrons. The largest absolute Gasteiger partial charge is 0.313 e. The first-order chi connectivity index (χ1) is 9.74. The smallest absolute Gasteiger partial charge is 0.0148 e. The summed E-state index contributed by atoms with van der Waals surface area (Å²) in [7, 11) is 0. The third kappa shape index (κ3) is 3.26. The summed E-state index contributed by atoms with van der Waals surface area (Å²) >= 11 is 1.81. The minimum atomic E-state index is 0.713. The monoisotopic (exact) mass is 292 g/mol. The van der Waals surface area contributed by atoms with Gasteiger partial charge < -0.3 is 10.2 Å². The number of nitrogens with zero attached hydrogens (tertiary/aromatic N) is 1. The van der Waals surface area contributed by atoms with Crippen molar-refractivity contribution in [1.82, 2.24) is 10.2 Å². The highest BCUT2D eigenvalue weighted by atomic mass is 32.1. The Bertz CT molecular complexity index is 387. The molecule has 112 valence electrons. The van der Waals surface area contributed by atoms with E-state index in [0.717, 1.165) is 24.4 Å². The zero-order valence-corrected chi connectivity index (χ0v) is 13.7. The molecular formula is C17H28N2S. The van der Waals surface area contributed by atoms with Gasteiger partial charge in [0.2, 0.25) is 0 Å². The van der Waals surface area contributed by atoms with Crippen molar-refractivity contribution in [2.45, 2.75) is 51.6 Å². The Labute approximate surface area is 127 Å². The van der Waals surface area contributed by atoms with Crippen molar-refractivity contribution in [3.8, 4) is 0 Å². The summed E-state index contributed by atoms with van der Waals surface area (Å²) in [6, 6.07) is 3.75. The highest BCUT2D eigenvalue weighted by Gasteiger charge is 2.39. The van der Waals surface area contributed by atoms with Gasteiger partial charge in [0.15, 0.2) is 0 Å². The van der Waals surface area contributed by atoms with Crippen LogP contribution in [0, 0.1) is 11.8 Å². The van der Waals surface area contributed by atoms with E-state index in [-0.39, 0.29) is 0 Å². The Morgan fingerprint density at radius 2 is 2.05 bits per heavy atom. The molecule has 1 saturated heterocycles. The molecule has 2 aliphatic rings. The van der Waals surface area contributed by atoms with Crippen LogP contribution in [0.3, 0.4) is 0 Å². The molecule has 2 atom stereocenters. The summed E-state index contributed by atoms with van der Waals surface area (Å²) in [6.45, 7) is 8.46. The van der Waals surface area contributed by atoms with Crippen molar-refractivity contribution in [2.75, 3.05) is 19.6 Å². The van der Waals surface area contributed by atoms with E-state index in [1.54, 1.807) is 0 Å². The minimum Gasteiger partial charge on any atom is -0.313 e. The van der Waals surface area contributed by atoms with Crippen molar-refractivity contribution in [3.05, 3.63) is 22.4 Å². The van der Waals surface area contributed by atoms with E-state index in [1.165, 1.54) is 44.3 Å². The van der Waals surface area contributed by atoms with Crippen LogP contribution in [0.4, 0.5) is 0 Å². The Morgan fingerprint density at radius 1 is 1.30 bits per heavy atom. The maximum atomic E-state index is 3.90. The molecule has 2 fully saturated rings. The Balaban J connectivity index is 1.54. The lowest BCUT2D eigenvalue weighted by Crippen LogP contribution is -2.58. The molecule has 0 amide bonds. The van der Waals surface area contributed by atoms with E-state index in [4.69, 9.17) is 0 Å². The zero-order valence-electron chi connectivity index (χ0n) is 12.8. The predicted molar refractivity (Wildman–Crippen MR) is 87.4 cm³/mol. The van der Waals surface area contributed by atoms with E-state index >= 15 is 0 Å². The second-order valence-corrected chi connectivity index (χ2v) is 7.64. The van der Waals surface area contributed by atoms with Crippen LogP contribution < -0.4 is 5.32 Å². The summed E-state index contributed by atoms with van der Waals surface area (Å²) in [6.07, 6.45) is 5.49. The van der Waals surface area contributed by atoms with Gasteiger partial charge in [-0.1, -0.05) is 6.42 Å². The van der Waals surface area contributed by atoms with Crippen molar-refractivity contribution >= 4 is 11.3 Å². The number of rotatable bonds is 5. The fourth-order valence-electron chi connectivity index (χ4n) is 4.05. The summed E-state index contributed by atoms with van der Waals surface area (Å²) in [4.78, 5) is 2.70. The summed E-state index contributed by atoms with van der Waals surface area (Å²) in [5, 5.41) is 8.37. The highest BCUT2D eigenvalue weighted by molar-refractivity contribution is 7.07. The molecule has 0 spiro atoms. The van der Waals surface area contributed by atoms with Crippen LogP contribution in [0.2, 0.25) is 0 Å². The molecule has 1 aromatic rings. The topological polar surface area (TPSA) is 15.3 Å². The zero-order chi connectivity index (χ0) is 13.9. The third-order valence-corrected chi connectivity index (χ3v) is 5.94. The van der Waals surface area contributed by atoms with E-state index in [2.05, 4.69) is 40.9 Å². The van der Waals surface area contributed by atoms with Gasteiger partial charge >= 0.3 is 0 Å². The number of hydrogen-bond acceptors (Lipinski definition) is 3. The molecule has 3 rings (SSSR count). The fourth-order valence-corrected chi connectivity index (χ4v) is 4.75. The van der Waals surface area contributed by atoms with E-state index < -0.39 is 0 Å². The number of hydrogen-bond donors (Lipinski definition) is 1. The van der Waals surface area contributed by atoms with Gasteiger partial charge in [-0.2, -0.15) is 11.3 Å². The number of thiophene rings is 1. The number of likely N-dealkylation sites (tertiary alicyclic amines) is 1. The van der Waals surface area contributed by atoms with Crippen LogP contribution in [-0.2, 0) is 6.42 Å². The second kappa shape index (κ2) is 6.59. The number of fused-ring (bicyclic) bond motifs is 2.